The Hall–Kier alpha value is -3.79. The third kappa shape index (κ3) is 11.1. The van der Waals surface area contributed by atoms with E-state index in [1.807, 2.05) is 6.07 Å². The lowest BCUT2D eigenvalue weighted by atomic mass is 9.82. The number of aromatic nitrogens is 2. The Morgan fingerprint density at radius 3 is 2.49 bits per heavy atom. The van der Waals surface area contributed by atoms with E-state index in [1.54, 1.807) is 11.1 Å². The number of carbonyl (C=O) groups excluding carboxylic acids is 1. The molecule has 0 aliphatic carbocycles. The number of hydrogen-bond acceptors (Lipinski definition) is 12. The lowest BCUT2D eigenvalue weighted by molar-refractivity contribution is -0.123. The lowest BCUT2D eigenvalue weighted by Crippen LogP contribution is -2.66. The first-order chi connectivity index (χ1) is 24.6. The summed E-state index contributed by atoms with van der Waals surface area (Å²) >= 11 is 0. The summed E-state index contributed by atoms with van der Waals surface area (Å²) in [5.41, 5.74) is 2.71. The van der Waals surface area contributed by atoms with Crippen molar-refractivity contribution in [3.8, 4) is 0 Å². The Kier molecular flexibility index (Phi) is 13.7. The molecule has 1 aromatic heterocycles. The molecule has 1 amide bonds. The molecule has 15 heteroatoms. The number of halogens is 2. The third-order valence-corrected chi connectivity index (χ3v) is 10.1. The van der Waals surface area contributed by atoms with Crippen LogP contribution < -0.4 is 37.0 Å². The molecular weight excluding hydrogens is 658 g/mol. The fourth-order valence-electron chi connectivity index (χ4n) is 6.90. The molecule has 1 aromatic carbocycles. The summed E-state index contributed by atoms with van der Waals surface area (Å²) in [6.07, 6.45) is 9.70. The van der Waals surface area contributed by atoms with Crippen LogP contribution >= 0.6 is 0 Å². The van der Waals surface area contributed by atoms with E-state index in [4.69, 9.17) is 15.3 Å². The first-order valence-corrected chi connectivity index (χ1v) is 18.2. The number of nitrogens with two attached hydrogens (primary N) is 1. The normalized spacial score (nSPS) is 19.3. The highest BCUT2D eigenvalue weighted by molar-refractivity contribution is 5.84. The zero-order chi connectivity index (χ0) is 36.3. The average molecular weight is 715 g/mol. The second kappa shape index (κ2) is 18.1. The number of carbonyl (C=O) groups is 1. The van der Waals surface area contributed by atoms with Crippen molar-refractivity contribution in [2.45, 2.75) is 77.8 Å². The molecule has 3 aliphatic heterocycles. The number of likely N-dealkylation sites (tertiary alicyclic amines) is 1. The first-order valence-electron chi connectivity index (χ1n) is 18.2. The second-order valence-electron chi connectivity index (χ2n) is 14.7. The van der Waals surface area contributed by atoms with E-state index in [0.717, 1.165) is 57.6 Å². The highest BCUT2D eigenvalue weighted by Crippen LogP contribution is 2.34. The molecule has 6 N–H and O–H groups in total. The van der Waals surface area contributed by atoms with E-state index in [1.165, 1.54) is 18.5 Å². The predicted octanol–water partition coefficient (Wildman–Crippen LogP) is 3.80. The molecule has 3 fully saturated rings. The Bertz CT molecular complexity index is 1460. The monoisotopic (exact) mass is 714 g/mol. The summed E-state index contributed by atoms with van der Waals surface area (Å²) in [6, 6.07) is 4.42. The molecule has 4 heterocycles. The van der Waals surface area contributed by atoms with Gasteiger partial charge in [-0.1, -0.05) is 33.6 Å². The average Bonchev–Trinajstić information content (AvgIpc) is 3.10. The van der Waals surface area contributed by atoms with E-state index < -0.39 is 17.2 Å². The van der Waals surface area contributed by atoms with Crippen molar-refractivity contribution in [2.75, 3.05) is 80.9 Å². The van der Waals surface area contributed by atoms with Gasteiger partial charge in [0.05, 0.1) is 37.2 Å². The van der Waals surface area contributed by atoms with Crippen LogP contribution in [0.3, 0.4) is 0 Å². The van der Waals surface area contributed by atoms with Gasteiger partial charge in [-0.15, -0.1) is 0 Å². The molecule has 3 saturated heterocycles. The minimum Gasteiger partial charge on any atom is -0.379 e. The van der Waals surface area contributed by atoms with Gasteiger partial charge in [-0.05, 0) is 56.7 Å². The standard InChI is InChI=1S/C36H56F2N10O3/c1-4-5-6-15-50-16-17-51-26-42-32(21-43-39)44-31-20-33(41-25-40-31)47-13-9-36(10-14-47)24-48(23-34(49)45-36)30-19-28(37)27(18-29(30)38)22-46-11-7-35(2,3)8-12-46/h18-21,25,42-43H,4-17,22-24,26,39H2,1-3H3,(H,45,49)(H,40,41,44)/b32-21+. The summed E-state index contributed by atoms with van der Waals surface area (Å²) < 4.78 is 42.2. The van der Waals surface area contributed by atoms with Gasteiger partial charge in [0.15, 0.2) is 0 Å². The maximum atomic E-state index is 15.6. The SMILES string of the molecule is CCCCCOCCOCN/C(=C\NN)Nc1cc(N2CCC3(CC2)CN(c2cc(F)c(CN4CCC(C)(C)CC4)cc2F)CC(=O)N3)ncn1. The highest BCUT2D eigenvalue weighted by atomic mass is 19.1. The number of ether oxygens (including phenoxy) is 2. The van der Waals surface area contributed by atoms with Gasteiger partial charge in [-0.3, -0.25) is 15.5 Å². The van der Waals surface area contributed by atoms with Gasteiger partial charge < -0.3 is 40.6 Å². The number of nitrogens with one attached hydrogen (secondary N) is 4. The van der Waals surface area contributed by atoms with Gasteiger partial charge in [0.25, 0.3) is 0 Å². The number of benzene rings is 1. The predicted molar refractivity (Wildman–Crippen MR) is 195 cm³/mol. The molecule has 0 radical (unpaired) electrons. The maximum Gasteiger partial charge on any atom is 0.240 e. The number of anilines is 3. The van der Waals surface area contributed by atoms with E-state index in [-0.39, 0.29) is 30.3 Å². The Balaban J connectivity index is 1.13. The van der Waals surface area contributed by atoms with Crippen LogP contribution in [-0.4, -0.2) is 92.1 Å². The number of piperazine rings is 1. The molecule has 0 bridgehead atoms. The van der Waals surface area contributed by atoms with Gasteiger partial charge in [0, 0.05) is 50.5 Å². The van der Waals surface area contributed by atoms with Crippen LogP contribution in [0, 0.1) is 17.0 Å². The smallest absolute Gasteiger partial charge is 0.240 e. The van der Waals surface area contributed by atoms with E-state index in [2.05, 4.69) is 61.9 Å². The van der Waals surface area contributed by atoms with E-state index in [9.17, 15) is 4.79 Å². The summed E-state index contributed by atoms with van der Waals surface area (Å²) in [5, 5.41) is 9.50. The molecule has 5 rings (SSSR count). The van der Waals surface area contributed by atoms with Crippen molar-refractivity contribution in [1.82, 2.24) is 30.9 Å². The number of piperidine rings is 2. The van der Waals surface area contributed by atoms with Crippen LogP contribution in [0.4, 0.5) is 26.1 Å². The molecule has 2 aromatic rings. The van der Waals surface area contributed by atoms with Crippen molar-refractivity contribution in [2.24, 2.45) is 11.3 Å². The summed E-state index contributed by atoms with van der Waals surface area (Å²) in [7, 11) is 0. The molecule has 51 heavy (non-hydrogen) atoms. The number of hydrogen-bond donors (Lipinski definition) is 5. The third-order valence-electron chi connectivity index (χ3n) is 10.1. The van der Waals surface area contributed by atoms with Gasteiger partial charge in [-0.2, -0.15) is 0 Å². The number of rotatable bonds is 17. The second-order valence-corrected chi connectivity index (χ2v) is 14.7. The summed E-state index contributed by atoms with van der Waals surface area (Å²) in [5.74, 6) is 6.23. The molecule has 0 atom stereocenters. The van der Waals surface area contributed by atoms with E-state index >= 15 is 8.78 Å². The zero-order valence-corrected chi connectivity index (χ0v) is 30.4. The highest BCUT2D eigenvalue weighted by Gasteiger charge is 2.42. The number of hydrazine groups is 1. The molecular formula is C36H56F2N10O3. The molecule has 0 saturated carbocycles. The minimum atomic E-state index is -0.574. The fraction of sp³-hybridized carbons (Fsp3) is 0.639. The number of amides is 1. The van der Waals surface area contributed by atoms with Gasteiger partial charge in [0.1, 0.15) is 42.1 Å². The largest absolute Gasteiger partial charge is 0.379 e. The van der Waals surface area contributed by atoms with Gasteiger partial charge >= 0.3 is 0 Å². The molecule has 0 unspecified atom stereocenters. The van der Waals surface area contributed by atoms with Crippen molar-refractivity contribution in [1.29, 1.82) is 0 Å². The zero-order valence-electron chi connectivity index (χ0n) is 30.4. The van der Waals surface area contributed by atoms with Crippen molar-refractivity contribution in [3.63, 3.8) is 0 Å². The van der Waals surface area contributed by atoms with Crippen LogP contribution in [0.5, 0.6) is 0 Å². The number of nitrogens with zero attached hydrogens (tertiary/aromatic N) is 5. The summed E-state index contributed by atoms with van der Waals surface area (Å²) in [6.45, 7) is 12.3. The van der Waals surface area contributed by atoms with Crippen LogP contribution in [0.25, 0.3) is 0 Å². The lowest BCUT2D eigenvalue weighted by Gasteiger charge is -2.48. The van der Waals surface area contributed by atoms with Crippen LogP contribution in [-0.2, 0) is 20.8 Å². The van der Waals surface area contributed by atoms with Crippen LogP contribution in [0.15, 0.2) is 36.5 Å². The topological polar surface area (TPSA) is 145 Å². The fourth-order valence-corrected chi connectivity index (χ4v) is 6.90. The summed E-state index contributed by atoms with van der Waals surface area (Å²) in [4.78, 5) is 27.8. The van der Waals surface area contributed by atoms with Crippen LogP contribution in [0.1, 0.15) is 71.3 Å². The van der Waals surface area contributed by atoms with Crippen molar-refractivity contribution >= 4 is 23.2 Å². The van der Waals surface area contributed by atoms with E-state index in [0.29, 0.717) is 69.4 Å². The molecule has 13 nitrogen and oxygen atoms in total. The molecule has 3 aliphatic rings. The minimum absolute atomic E-state index is 0.0251. The van der Waals surface area contributed by atoms with Gasteiger partial charge in [0.2, 0.25) is 5.91 Å². The maximum absolute atomic E-state index is 15.6. The molecule has 1 spiro atoms. The van der Waals surface area contributed by atoms with Gasteiger partial charge in [-0.25, -0.2) is 18.7 Å². The van der Waals surface area contributed by atoms with Crippen LogP contribution in [0.2, 0.25) is 0 Å². The quantitative estimate of drug-likeness (QED) is 0.0704. The van der Waals surface area contributed by atoms with Crippen molar-refractivity contribution in [3.05, 3.63) is 53.7 Å². The Labute approximate surface area is 300 Å². The Morgan fingerprint density at radius 1 is 0.980 bits per heavy atom. The first kappa shape index (κ1) is 38.4. The number of unbranched alkanes of at least 4 members (excludes halogenated alkanes) is 2. The van der Waals surface area contributed by atoms with Crippen molar-refractivity contribution < 1.29 is 23.0 Å². The Morgan fingerprint density at radius 2 is 1.75 bits per heavy atom. The molecule has 282 valence electrons.